The Hall–Kier alpha value is -0.230. The van der Waals surface area contributed by atoms with E-state index in [0.29, 0.717) is 6.04 Å². The largest absolute Gasteiger partial charge is 0.310 e. The molecule has 2 aromatic heterocycles. The van der Waals surface area contributed by atoms with Gasteiger partial charge in [-0.15, -0.1) is 22.7 Å². The van der Waals surface area contributed by atoms with Crippen molar-refractivity contribution in [3.63, 3.8) is 0 Å². The Morgan fingerprint density at radius 3 is 2.45 bits per heavy atom. The van der Waals surface area contributed by atoms with Gasteiger partial charge in [-0.25, -0.2) is 4.98 Å². The molecule has 0 saturated heterocycles. The number of halogens is 1. The highest BCUT2D eigenvalue weighted by molar-refractivity contribution is 9.11. The van der Waals surface area contributed by atoms with Crippen LogP contribution in [0, 0.1) is 0 Å². The van der Waals surface area contributed by atoms with Crippen molar-refractivity contribution in [3.05, 3.63) is 26.5 Å². The van der Waals surface area contributed by atoms with Gasteiger partial charge in [0.25, 0.3) is 0 Å². The van der Waals surface area contributed by atoms with Crippen LogP contribution >= 0.6 is 38.6 Å². The van der Waals surface area contributed by atoms with Gasteiger partial charge in [-0.1, -0.05) is 34.6 Å². The highest BCUT2D eigenvalue weighted by atomic mass is 79.9. The molecule has 2 aromatic rings. The first-order valence-corrected chi connectivity index (χ1v) is 9.19. The van der Waals surface area contributed by atoms with E-state index in [9.17, 15) is 0 Å². The van der Waals surface area contributed by atoms with Crippen LogP contribution in [-0.2, 0) is 12.0 Å². The summed E-state index contributed by atoms with van der Waals surface area (Å²) in [6.07, 6.45) is 0. The SMILES string of the molecule is CC(C)NCc1sc(-c2ccc(Br)s2)nc1C(C)(C)C. The quantitative estimate of drug-likeness (QED) is 0.773. The summed E-state index contributed by atoms with van der Waals surface area (Å²) in [6, 6.07) is 4.72. The first kappa shape index (κ1) is 16.1. The van der Waals surface area contributed by atoms with Gasteiger partial charge < -0.3 is 5.32 Å². The lowest BCUT2D eigenvalue weighted by atomic mass is 9.91. The number of hydrogen-bond donors (Lipinski definition) is 1. The van der Waals surface area contributed by atoms with Crippen LogP contribution in [0.2, 0.25) is 0 Å². The van der Waals surface area contributed by atoms with Crippen molar-refractivity contribution in [2.24, 2.45) is 0 Å². The van der Waals surface area contributed by atoms with Crippen LogP contribution in [0.5, 0.6) is 0 Å². The molecule has 0 aliphatic rings. The summed E-state index contributed by atoms with van der Waals surface area (Å²) >= 11 is 7.08. The topological polar surface area (TPSA) is 24.9 Å². The molecule has 2 rings (SSSR count). The average Bonchev–Trinajstić information content (AvgIpc) is 2.91. The molecule has 0 saturated carbocycles. The number of nitrogens with zero attached hydrogens (tertiary/aromatic N) is 1. The van der Waals surface area contributed by atoms with Crippen LogP contribution in [0.3, 0.4) is 0 Å². The summed E-state index contributed by atoms with van der Waals surface area (Å²) in [5.41, 5.74) is 1.30. The Balaban J connectivity index is 2.36. The maximum Gasteiger partial charge on any atom is 0.134 e. The van der Waals surface area contributed by atoms with E-state index >= 15 is 0 Å². The van der Waals surface area contributed by atoms with Gasteiger partial charge in [-0.2, -0.15) is 0 Å². The number of nitrogens with one attached hydrogen (secondary N) is 1. The van der Waals surface area contributed by atoms with Gasteiger partial charge in [0.2, 0.25) is 0 Å². The fraction of sp³-hybridized carbons (Fsp3) is 0.533. The second kappa shape index (κ2) is 6.26. The molecule has 110 valence electrons. The predicted molar refractivity (Wildman–Crippen MR) is 93.8 cm³/mol. The molecule has 0 bridgehead atoms. The number of thiazole rings is 1. The second-order valence-corrected chi connectivity index (χ2v) is 9.73. The zero-order valence-corrected chi connectivity index (χ0v) is 15.8. The molecule has 0 spiro atoms. The van der Waals surface area contributed by atoms with Crippen LogP contribution in [0.15, 0.2) is 15.9 Å². The summed E-state index contributed by atoms with van der Waals surface area (Å²) < 4.78 is 1.15. The molecule has 0 aromatic carbocycles. The third kappa shape index (κ3) is 3.91. The van der Waals surface area contributed by atoms with Gasteiger partial charge in [0, 0.05) is 22.9 Å². The summed E-state index contributed by atoms with van der Waals surface area (Å²) in [5.74, 6) is 0. The van der Waals surface area contributed by atoms with Crippen LogP contribution in [0.25, 0.3) is 9.88 Å². The fourth-order valence-corrected chi connectivity index (χ4v) is 4.55. The lowest BCUT2D eigenvalue weighted by Gasteiger charge is -2.18. The van der Waals surface area contributed by atoms with E-state index in [0.717, 1.165) is 15.3 Å². The van der Waals surface area contributed by atoms with E-state index in [4.69, 9.17) is 4.98 Å². The molecule has 0 aliphatic heterocycles. The first-order valence-electron chi connectivity index (χ1n) is 6.76. The molecule has 2 heterocycles. The number of hydrogen-bond acceptors (Lipinski definition) is 4. The predicted octanol–water partition coefficient (Wildman–Crippen LogP) is 5.43. The number of rotatable bonds is 4. The average molecular weight is 373 g/mol. The zero-order chi connectivity index (χ0) is 14.9. The van der Waals surface area contributed by atoms with Crippen molar-refractivity contribution in [2.75, 3.05) is 0 Å². The van der Waals surface area contributed by atoms with Gasteiger partial charge in [-0.3, -0.25) is 0 Å². The van der Waals surface area contributed by atoms with E-state index in [1.165, 1.54) is 15.4 Å². The molecule has 0 amide bonds. The minimum absolute atomic E-state index is 0.0806. The van der Waals surface area contributed by atoms with Gasteiger partial charge in [0.1, 0.15) is 5.01 Å². The third-order valence-corrected chi connectivity index (χ3v) is 5.71. The third-order valence-electron chi connectivity index (χ3n) is 2.86. The number of thiophene rings is 1. The summed E-state index contributed by atoms with van der Waals surface area (Å²) in [7, 11) is 0. The van der Waals surface area contributed by atoms with Crippen molar-refractivity contribution >= 4 is 38.6 Å². The van der Waals surface area contributed by atoms with Crippen molar-refractivity contribution in [3.8, 4) is 9.88 Å². The monoisotopic (exact) mass is 372 g/mol. The maximum atomic E-state index is 4.91. The standard InChI is InChI=1S/C15H21BrN2S2/c1-9(2)17-8-11-13(15(3,4)5)18-14(20-11)10-6-7-12(16)19-10/h6-7,9,17H,8H2,1-5H3. The molecule has 0 radical (unpaired) electrons. The molecule has 5 heteroatoms. The summed E-state index contributed by atoms with van der Waals surface area (Å²) in [5, 5.41) is 4.64. The number of aromatic nitrogens is 1. The van der Waals surface area contributed by atoms with Crippen molar-refractivity contribution < 1.29 is 0 Å². The molecule has 2 nitrogen and oxygen atoms in total. The lowest BCUT2D eigenvalue weighted by Crippen LogP contribution is -2.23. The Labute approximate surface area is 137 Å². The highest BCUT2D eigenvalue weighted by Crippen LogP contribution is 2.38. The first-order chi connectivity index (χ1) is 9.27. The Kier molecular flexibility index (Phi) is 5.05. The van der Waals surface area contributed by atoms with Gasteiger partial charge in [0.15, 0.2) is 0 Å². The van der Waals surface area contributed by atoms with Crippen LogP contribution in [0.4, 0.5) is 0 Å². The molecule has 0 unspecified atom stereocenters. The zero-order valence-electron chi connectivity index (χ0n) is 12.6. The van der Waals surface area contributed by atoms with Crippen LogP contribution < -0.4 is 5.32 Å². The smallest absolute Gasteiger partial charge is 0.134 e. The summed E-state index contributed by atoms with van der Waals surface area (Å²) in [6.45, 7) is 11.9. The Morgan fingerprint density at radius 2 is 1.95 bits per heavy atom. The molecule has 0 fully saturated rings. The normalized spacial score (nSPS) is 12.3. The van der Waals surface area contributed by atoms with Crippen molar-refractivity contribution in [1.82, 2.24) is 10.3 Å². The molecular weight excluding hydrogens is 352 g/mol. The second-order valence-electron chi connectivity index (χ2n) is 6.18. The van der Waals surface area contributed by atoms with Crippen molar-refractivity contribution in [1.29, 1.82) is 0 Å². The summed E-state index contributed by atoms with van der Waals surface area (Å²) in [4.78, 5) is 7.50. The van der Waals surface area contributed by atoms with Gasteiger partial charge in [0.05, 0.1) is 14.4 Å². The van der Waals surface area contributed by atoms with E-state index < -0.39 is 0 Å². The van der Waals surface area contributed by atoms with E-state index in [-0.39, 0.29) is 5.41 Å². The Bertz CT molecular complexity index is 579. The van der Waals surface area contributed by atoms with Crippen LogP contribution in [0.1, 0.15) is 45.2 Å². The Morgan fingerprint density at radius 1 is 1.25 bits per heavy atom. The minimum atomic E-state index is 0.0806. The molecule has 0 atom stereocenters. The van der Waals surface area contributed by atoms with Gasteiger partial charge in [-0.05, 0) is 28.1 Å². The lowest BCUT2D eigenvalue weighted by molar-refractivity contribution is 0.546. The van der Waals surface area contributed by atoms with Crippen LogP contribution in [-0.4, -0.2) is 11.0 Å². The van der Waals surface area contributed by atoms with Gasteiger partial charge >= 0.3 is 0 Å². The fourth-order valence-electron chi connectivity index (χ4n) is 1.89. The molecule has 20 heavy (non-hydrogen) atoms. The molecular formula is C15H21BrN2S2. The van der Waals surface area contributed by atoms with Crippen molar-refractivity contribution in [2.45, 2.75) is 52.6 Å². The van der Waals surface area contributed by atoms with E-state index in [2.05, 4.69) is 68.0 Å². The minimum Gasteiger partial charge on any atom is -0.310 e. The maximum absolute atomic E-state index is 4.91. The van der Waals surface area contributed by atoms with E-state index in [1.54, 1.807) is 11.3 Å². The molecule has 0 aliphatic carbocycles. The highest BCUT2D eigenvalue weighted by Gasteiger charge is 2.24. The van der Waals surface area contributed by atoms with E-state index in [1.807, 2.05) is 11.3 Å². The molecule has 1 N–H and O–H groups in total.